The number of carbonyl (C=O) groups is 1. The predicted octanol–water partition coefficient (Wildman–Crippen LogP) is 4.34. The summed E-state index contributed by atoms with van der Waals surface area (Å²) in [5.41, 5.74) is 5.29. The molecule has 1 heterocycles. The van der Waals surface area contributed by atoms with Gasteiger partial charge in [0.15, 0.2) is 0 Å². The van der Waals surface area contributed by atoms with Crippen LogP contribution in [0.15, 0.2) is 64.6 Å². The number of amides is 1. The lowest BCUT2D eigenvalue weighted by Gasteiger charge is -2.29. The van der Waals surface area contributed by atoms with E-state index in [2.05, 4.69) is 35.7 Å². The first-order valence-corrected chi connectivity index (χ1v) is 8.69. The highest BCUT2D eigenvalue weighted by Gasteiger charge is 2.31. The van der Waals surface area contributed by atoms with E-state index in [9.17, 15) is 4.79 Å². The second-order valence-corrected chi connectivity index (χ2v) is 6.84. The van der Waals surface area contributed by atoms with Crippen LogP contribution in [0.1, 0.15) is 36.1 Å². The smallest absolute Gasteiger partial charge is 0.244 e. The molecule has 0 fully saturated rings. The lowest BCUT2D eigenvalue weighted by molar-refractivity contribution is -0.125. The van der Waals surface area contributed by atoms with E-state index in [4.69, 9.17) is 0 Å². The van der Waals surface area contributed by atoms with Crippen LogP contribution in [0.3, 0.4) is 0 Å². The molecule has 0 aliphatic heterocycles. The SMILES string of the molecule is CC1=CCC(C(=O)NN=Cc2cccs2)C(c2ccccc2)C1. The van der Waals surface area contributed by atoms with E-state index in [-0.39, 0.29) is 17.7 Å². The summed E-state index contributed by atoms with van der Waals surface area (Å²) >= 11 is 1.60. The first kappa shape index (κ1) is 15.7. The lowest BCUT2D eigenvalue weighted by atomic mass is 9.75. The van der Waals surface area contributed by atoms with Crippen LogP contribution < -0.4 is 5.43 Å². The van der Waals surface area contributed by atoms with Gasteiger partial charge >= 0.3 is 0 Å². The summed E-state index contributed by atoms with van der Waals surface area (Å²) in [6, 6.07) is 14.2. The second-order valence-electron chi connectivity index (χ2n) is 5.86. The maximum Gasteiger partial charge on any atom is 0.244 e. The Labute approximate surface area is 140 Å². The number of carbonyl (C=O) groups excluding carboxylic acids is 1. The van der Waals surface area contributed by atoms with Crippen molar-refractivity contribution in [3.05, 3.63) is 69.9 Å². The Morgan fingerprint density at radius 3 is 2.83 bits per heavy atom. The molecule has 2 aromatic rings. The molecule has 1 N–H and O–H groups in total. The number of hydrazone groups is 1. The van der Waals surface area contributed by atoms with Gasteiger partial charge in [-0.15, -0.1) is 11.3 Å². The molecular formula is C19H20N2OS. The fourth-order valence-corrected chi connectivity index (χ4v) is 3.60. The van der Waals surface area contributed by atoms with Crippen LogP contribution in [0.5, 0.6) is 0 Å². The van der Waals surface area contributed by atoms with Crippen LogP contribution in [0, 0.1) is 5.92 Å². The van der Waals surface area contributed by atoms with Crippen molar-refractivity contribution in [2.45, 2.75) is 25.7 Å². The van der Waals surface area contributed by atoms with Crippen LogP contribution in [0.25, 0.3) is 0 Å². The lowest BCUT2D eigenvalue weighted by Crippen LogP contribution is -2.32. The van der Waals surface area contributed by atoms with Crippen molar-refractivity contribution in [1.82, 2.24) is 5.43 Å². The zero-order valence-electron chi connectivity index (χ0n) is 13.1. The van der Waals surface area contributed by atoms with Gasteiger partial charge in [-0.25, -0.2) is 5.43 Å². The Morgan fingerprint density at radius 1 is 1.26 bits per heavy atom. The number of nitrogens with one attached hydrogen (secondary N) is 1. The van der Waals surface area contributed by atoms with Crippen molar-refractivity contribution in [3.63, 3.8) is 0 Å². The summed E-state index contributed by atoms with van der Waals surface area (Å²) in [6.07, 6.45) is 5.57. The fraction of sp³-hybridized carbons (Fsp3) is 0.263. The Hall–Kier alpha value is -2.20. The van der Waals surface area contributed by atoms with Crippen molar-refractivity contribution in [2.75, 3.05) is 0 Å². The maximum atomic E-state index is 12.6. The van der Waals surface area contributed by atoms with E-state index in [1.807, 2.05) is 35.7 Å². The van der Waals surface area contributed by atoms with Gasteiger partial charge in [0, 0.05) is 4.88 Å². The van der Waals surface area contributed by atoms with Crippen LogP contribution in [0.2, 0.25) is 0 Å². The molecule has 0 saturated heterocycles. The van der Waals surface area contributed by atoms with Crippen LogP contribution >= 0.6 is 11.3 Å². The standard InChI is InChI=1S/C19H20N2OS/c1-14-9-10-17(18(12-14)15-6-3-2-4-7-15)19(22)21-20-13-16-8-5-11-23-16/h2-9,11,13,17-18H,10,12H2,1H3,(H,21,22). The zero-order chi connectivity index (χ0) is 16.1. The second kappa shape index (κ2) is 7.38. The van der Waals surface area contributed by atoms with Crippen molar-refractivity contribution in [2.24, 2.45) is 11.0 Å². The molecule has 23 heavy (non-hydrogen) atoms. The van der Waals surface area contributed by atoms with Crippen LogP contribution in [-0.2, 0) is 4.79 Å². The Kier molecular flexibility index (Phi) is 5.03. The molecule has 0 radical (unpaired) electrons. The minimum absolute atomic E-state index is 0.00425. The van der Waals surface area contributed by atoms with E-state index in [1.165, 1.54) is 11.1 Å². The molecule has 2 unspecified atom stereocenters. The Bertz CT molecular complexity index is 704. The topological polar surface area (TPSA) is 41.5 Å². The summed E-state index contributed by atoms with van der Waals surface area (Å²) in [6.45, 7) is 2.14. The van der Waals surface area contributed by atoms with Crippen molar-refractivity contribution in [1.29, 1.82) is 0 Å². The molecule has 2 atom stereocenters. The van der Waals surface area contributed by atoms with E-state index < -0.39 is 0 Å². The average Bonchev–Trinajstić information content (AvgIpc) is 3.09. The summed E-state index contributed by atoms with van der Waals surface area (Å²) in [7, 11) is 0. The predicted molar refractivity (Wildman–Crippen MR) is 95.7 cm³/mol. The van der Waals surface area contributed by atoms with Crippen LogP contribution in [0.4, 0.5) is 0 Å². The van der Waals surface area contributed by atoms with Gasteiger partial charge in [0.1, 0.15) is 0 Å². The minimum Gasteiger partial charge on any atom is -0.273 e. The van der Waals surface area contributed by atoms with Gasteiger partial charge in [0.2, 0.25) is 5.91 Å². The molecule has 0 bridgehead atoms. The molecule has 3 nitrogen and oxygen atoms in total. The molecule has 1 aliphatic carbocycles. The molecule has 3 rings (SSSR count). The molecule has 1 amide bonds. The number of hydrogen-bond donors (Lipinski definition) is 1. The number of allylic oxidation sites excluding steroid dienone is 2. The number of hydrogen-bond acceptors (Lipinski definition) is 3. The third kappa shape index (κ3) is 3.96. The number of thiophene rings is 1. The highest BCUT2D eigenvalue weighted by atomic mass is 32.1. The normalized spacial score (nSPS) is 21.2. The fourth-order valence-electron chi connectivity index (χ4n) is 3.01. The molecular weight excluding hydrogens is 304 g/mol. The van der Waals surface area contributed by atoms with Gasteiger partial charge in [0.05, 0.1) is 12.1 Å². The van der Waals surface area contributed by atoms with E-state index in [0.717, 1.165) is 17.7 Å². The first-order chi connectivity index (χ1) is 11.2. The van der Waals surface area contributed by atoms with E-state index in [1.54, 1.807) is 17.6 Å². The molecule has 1 aromatic heterocycles. The van der Waals surface area contributed by atoms with E-state index >= 15 is 0 Å². The third-order valence-corrected chi connectivity index (χ3v) is 5.03. The van der Waals surface area contributed by atoms with Crippen LogP contribution in [-0.4, -0.2) is 12.1 Å². The Morgan fingerprint density at radius 2 is 2.09 bits per heavy atom. The van der Waals surface area contributed by atoms with Gasteiger partial charge in [-0.05, 0) is 42.7 Å². The number of benzene rings is 1. The van der Waals surface area contributed by atoms with Crippen molar-refractivity contribution < 1.29 is 4.79 Å². The van der Waals surface area contributed by atoms with Crippen molar-refractivity contribution in [3.8, 4) is 0 Å². The highest BCUT2D eigenvalue weighted by molar-refractivity contribution is 7.11. The molecule has 1 aromatic carbocycles. The van der Waals surface area contributed by atoms with Gasteiger partial charge in [0.25, 0.3) is 0 Å². The summed E-state index contributed by atoms with van der Waals surface area (Å²) < 4.78 is 0. The molecule has 4 heteroatoms. The van der Waals surface area contributed by atoms with Gasteiger partial charge in [-0.2, -0.15) is 5.10 Å². The quantitative estimate of drug-likeness (QED) is 0.507. The van der Waals surface area contributed by atoms with Gasteiger partial charge in [-0.1, -0.05) is 48.0 Å². The summed E-state index contributed by atoms with van der Waals surface area (Å²) in [5.74, 6) is 0.148. The molecule has 0 spiro atoms. The average molecular weight is 324 g/mol. The molecule has 1 aliphatic rings. The number of rotatable bonds is 4. The zero-order valence-corrected chi connectivity index (χ0v) is 13.9. The molecule has 118 valence electrons. The number of nitrogens with zero attached hydrogens (tertiary/aromatic N) is 1. The Balaban J connectivity index is 1.72. The maximum absolute atomic E-state index is 12.6. The molecule has 0 saturated carbocycles. The van der Waals surface area contributed by atoms with E-state index in [0.29, 0.717) is 0 Å². The van der Waals surface area contributed by atoms with Gasteiger partial charge < -0.3 is 0 Å². The summed E-state index contributed by atoms with van der Waals surface area (Å²) in [5, 5.41) is 6.09. The largest absolute Gasteiger partial charge is 0.273 e. The first-order valence-electron chi connectivity index (χ1n) is 7.81. The monoisotopic (exact) mass is 324 g/mol. The summed E-state index contributed by atoms with van der Waals surface area (Å²) in [4.78, 5) is 13.6. The van der Waals surface area contributed by atoms with Crippen molar-refractivity contribution >= 4 is 23.5 Å². The highest BCUT2D eigenvalue weighted by Crippen LogP contribution is 2.37. The van der Waals surface area contributed by atoms with Gasteiger partial charge in [-0.3, -0.25) is 4.79 Å². The minimum atomic E-state index is -0.0680. The third-order valence-electron chi connectivity index (χ3n) is 4.22.